The fraction of sp³-hybridized carbons (Fsp3) is 0.263. The summed E-state index contributed by atoms with van der Waals surface area (Å²) in [5.74, 6) is -0.539. The lowest BCUT2D eigenvalue weighted by molar-refractivity contribution is -0.149. The van der Waals surface area contributed by atoms with E-state index in [-0.39, 0.29) is 13.2 Å². The SMILES string of the molecule is Cc1cc(OCC(=O)OCC(=O)Nc2ccc(N(C)C)cc2)ccc1Cl. The summed E-state index contributed by atoms with van der Waals surface area (Å²) in [6.45, 7) is 1.17. The third-order valence-electron chi connectivity index (χ3n) is 3.52. The van der Waals surface area contributed by atoms with E-state index in [0.717, 1.165) is 11.3 Å². The Balaban J connectivity index is 1.74. The molecule has 0 aliphatic carbocycles. The first-order valence-electron chi connectivity index (χ1n) is 7.97. The van der Waals surface area contributed by atoms with Gasteiger partial charge < -0.3 is 19.7 Å². The van der Waals surface area contributed by atoms with Crippen LogP contribution < -0.4 is 15.0 Å². The highest BCUT2D eigenvalue weighted by Crippen LogP contribution is 2.21. The topological polar surface area (TPSA) is 67.9 Å². The minimum Gasteiger partial charge on any atom is -0.482 e. The molecular formula is C19H21ClN2O4. The van der Waals surface area contributed by atoms with Crippen LogP contribution in [0.5, 0.6) is 5.75 Å². The molecule has 0 bridgehead atoms. The van der Waals surface area contributed by atoms with Gasteiger partial charge in [-0.15, -0.1) is 0 Å². The number of halogens is 1. The predicted octanol–water partition coefficient (Wildman–Crippen LogP) is 3.28. The Kier molecular flexibility index (Phi) is 6.86. The molecule has 0 aliphatic rings. The summed E-state index contributed by atoms with van der Waals surface area (Å²) in [5.41, 5.74) is 2.49. The number of carbonyl (C=O) groups is 2. The zero-order chi connectivity index (χ0) is 19.1. The minimum atomic E-state index is -0.629. The Morgan fingerprint density at radius 3 is 2.38 bits per heavy atom. The molecule has 2 aromatic rings. The van der Waals surface area contributed by atoms with Crippen molar-refractivity contribution >= 4 is 34.9 Å². The van der Waals surface area contributed by atoms with Crippen molar-refractivity contribution in [3.8, 4) is 5.75 Å². The number of benzene rings is 2. The van der Waals surface area contributed by atoms with Crippen LogP contribution in [-0.4, -0.2) is 39.2 Å². The van der Waals surface area contributed by atoms with E-state index in [1.165, 1.54) is 0 Å². The summed E-state index contributed by atoms with van der Waals surface area (Å²) in [5, 5.41) is 3.28. The lowest BCUT2D eigenvalue weighted by Crippen LogP contribution is -2.23. The van der Waals surface area contributed by atoms with Crippen molar-refractivity contribution in [2.24, 2.45) is 0 Å². The molecule has 0 aromatic heterocycles. The molecule has 0 atom stereocenters. The summed E-state index contributed by atoms with van der Waals surface area (Å²) in [4.78, 5) is 25.5. The highest BCUT2D eigenvalue weighted by Gasteiger charge is 2.09. The van der Waals surface area contributed by atoms with E-state index >= 15 is 0 Å². The van der Waals surface area contributed by atoms with Crippen molar-refractivity contribution in [2.45, 2.75) is 6.92 Å². The van der Waals surface area contributed by atoms with Crippen LogP contribution >= 0.6 is 11.6 Å². The van der Waals surface area contributed by atoms with Gasteiger partial charge in [0.2, 0.25) is 0 Å². The number of anilines is 2. The number of aryl methyl sites for hydroxylation is 1. The van der Waals surface area contributed by atoms with Crippen molar-refractivity contribution in [1.82, 2.24) is 0 Å². The van der Waals surface area contributed by atoms with E-state index in [1.807, 2.05) is 38.1 Å². The number of amides is 1. The van der Waals surface area contributed by atoms with Crippen LogP contribution in [0, 0.1) is 6.92 Å². The molecule has 0 saturated carbocycles. The lowest BCUT2D eigenvalue weighted by Gasteiger charge is -2.13. The molecule has 0 heterocycles. The molecule has 6 nitrogen and oxygen atoms in total. The van der Waals surface area contributed by atoms with E-state index in [1.54, 1.807) is 30.3 Å². The van der Waals surface area contributed by atoms with Gasteiger partial charge in [-0.05, 0) is 55.0 Å². The van der Waals surface area contributed by atoms with Crippen LogP contribution in [0.2, 0.25) is 5.02 Å². The van der Waals surface area contributed by atoms with Gasteiger partial charge in [-0.25, -0.2) is 4.79 Å². The van der Waals surface area contributed by atoms with Crippen molar-refractivity contribution in [2.75, 3.05) is 37.5 Å². The van der Waals surface area contributed by atoms with E-state index in [0.29, 0.717) is 16.5 Å². The maximum Gasteiger partial charge on any atom is 0.344 e. The molecular weight excluding hydrogens is 356 g/mol. The molecule has 0 radical (unpaired) electrons. The van der Waals surface area contributed by atoms with E-state index in [9.17, 15) is 9.59 Å². The fourth-order valence-electron chi connectivity index (χ4n) is 2.08. The first-order chi connectivity index (χ1) is 12.3. The van der Waals surface area contributed by atoms with Gasteiger partial charge in [0.1, 0.15) is 5.75 Å². The van der Waals surface area contributed by atoms with E-state index < -0.39 is 11.9 Å². The zero-order valence-electron chi connectivity index (χ0n) is 14.9. The average molecular weight is 377 g/mol. The molecule has 0 spiro atoms. The molecule has 26 heavy (non-hydrogen) atoms. The molecule has 0 fully saturated rings. The van der Waals surface area contributed by atoms with Crippen LogP contribution in [-0.2, 0) is 14.3 Å². The number of nitrogens with zero attached hydrogens (tertiary/aromatic N) is 1. The third-order valence-corrected chi connectivity index (χ3v) is 3.94. The first kappa shape index (κ1) is 19.6. The van der Waals surface area contributed by atoms with Crippen LogP contribution in [0.4, 0.5) is 11.4 Å². The van der Waals surface area contributed by atoms with Crippen molar-refractivity contribution in [3.05, 3.63) is 53.1 Å². The van der Waals surface area contributed by atoms with Crippen LogP contribution in [0.1, 0.15) is 5.56 Å². The Morgan fingerprint density at radius 2 is 1.77 bits per heavy atom. The number of rotatable bonds is 7. The van der Waals surface area contributed by atoms with Gasteiger partial charge in [0, 0.05) is 30.5 Å². The molecule has 138 valence electrons. The van der Waals surface area contributed by atoms with Gasteiger partial charge in [-0.1, -0.05) is 11.6 Å². The van der Waals surface area contributed by atoms with Gasteiger partial charge in [-0.3, -0.25) is 4.79 Å². The molecule has 1 amide bonds. The van der Waals surface area contributed by atoms with Crippen molar-refractivity contribution < 1.29 is 19.1 Å². The van der Waals surface area contributed by atoms with Crippen molar-refractivity contribution in [1.29, 1.82) is 0 Å². The number of carbonyl (C=O) groups excluding carboxylic acids is 2. The standard InChI is InChI=1S/C19H21ClN2O4/c1-13-10-16(8-9-17(13)20)25-12-19(24)26-11-18(23)21-14-4-6-15(7-5-14)22(2)3/h4-10H,11-12H2,1-3H3,(H,21,23). The summed E-state index contributed by atoms with van der Waals surface area (Å²) in [6.07, 6.45) is 0. The monoisotopic (exact) mass is 376 g/mol. The molecule has 7 heteroatoms. The number of hydrogen-bond acceptors (Lipinski definition) is 5. The van der Waals surface area contributed by atoms with Gasteiger partial charge in [0.05, 0.1) is 0 Å². The third kappa shape index (κ3) is 5.97. The molecule has 2 aromatic carbocycles. The minimum absolute atomic E-state index is 0.286. The molecule has 1 N–H and O–H groups in total. The van der Waals surface area contributed by atoms with Crippen LogP contribution in [0.25, 0.3) is 0 Å². The van der Waals surface area contributed by atoms with E-state index in [2.05, 4.69) is 5.32 Å². The van der Waals surface area contributed by atoms with Gasteiger partial charge >= 0.3 is 5.97 Å². The maximum absolute atomic E-state index is 11.8. The van der Waals surface area contributed by atoms with Crippen LogP contribution in [0.3, 0.4) is 0 Å². The number of nitrogens with one attached hydrogen (secondary N) is 1. The number of ether oxygens (including phenoxy) is 2. The first-order valence-corrected chi connectivity index (χ1v) is 8.35. The summed E-state index contributed by atoms with van der Waals surface area (Å²) in [6, 6.07) is 12.4. The Hall–Kier alpha value is -2.73. The highest BCUT2D eigenvalue weighted by atomic mass is 35.5. The quantitative estimate of drug-likeness (QED) is 0.751. The smallest absolute Gasteiger partial charge is 0.344 e. The Bertz CT molecular complexity index is 776. The predicted molar refractivity (Wildman–Crippen MR) is 102 cm³/mol. The number of esters is 1. The molecule has 0 aliphatic heterocycles. The Morgan fingerprint density at radius 1 is 1.08 bits per heavy atom. The van der Waals surface area contributed by atoms with Crippen LogP contribution in [0.15, 0.2) is 42.5 Å². The second kappa shape index (κ2) is 9.10. The van der Waals surface area contributed by atoms with E-state index in [4.69, 9.17) is 21.1 Å². The maximum atomic E-state index is 11.8. The van der Waals surface area contributed by atoms with Gasteiger partial charge in [0.15, 0.2) is 13.2 Å². The summed E-state index contributed by atoms with van der Waals surface area (Å²) in [7, 11) is 3.86. The number of hydrogen-bond donors (Lipinski definition) is 1. The summed E-state index contributed by atoms with van der Waals surface area (Å²) < 4.78 is 10.2. The molecule has 2 rings (SSSR count). The zero-order valence-corrected chi connectivity index (χ0v) is 15.7. The summed E-state index contributed by atoms with van der Waals surface area (Å²) >= 11 is 5.92. The second-order valence-corrected chi connectivity index (χ2v) is 6.26. The van der Waals surface area contributed by atoms with Crippen molar-refractivity contribution in [3.63, 3.8) is 0 Å². The Labute approximate surface area is 157 Å². The fourth-order valence-corrected chi connectivity index (χ4v) is 2.19. The largest absolute Gasteiger partial charge is 0.482 e. The normalized spacial score (nSPS) is 10.2. The second-order valence-electron chi connectivity index (χ2n) is 5.85. The van der Waals surface area contributed by atoms with Gasteiger partial charge in [0.25, 0.3) is 5.91 Å². The average Bonchev–Trinajstić information content (AvgIpc) is 2.61. The van der Waals surface area contributed by atoms with Gasteiger partial charge in [-0.2, -0.15) is 0 Å². The lowest BCUT2D eigenvalue weighted by atomic mass is 10.2. The molecule has 0 unspecified atom stereocenters. The highest BCUT2D eigenvalue weighted by molar-refractivity contribution is 6.31. The molecule has 0 saturated heterocycles.